The molecular formula is C28H38N6O4. The average Bonchev–Trinajstić information content (AvgIpc) is 3.32. The van der Waals surface area contributed by atoms with E-state index in [4.69, 9.17) is 14.2 Å². The highest BCUT2D eigenvalue weighted by Gasteiger charge is 2.27. The second-order valence-corrected chi connectivity index (χ2v) is 9.66. The van der Waals surface area contributed by atoms with E-state index < -0.39 is 0 Å². The number of carbonyl (C=O) groups excluding carboxylic acids is 1. The molecule has 1 amide bonds. The van der Waals surface area contributed by atoms with Gasteiger partial charge in [0.1, 0.15) is 5.76 Å². The minimum Gasteiger partial charge on any atom is -0.392 e. The Balaban J connectivity index is 1.45. The van der Waals surface area contributed by atoms with Gasteiger partial charge in [0.2, 0.25) is 11.9 Å². The molecule has 0 radical (unpaired) electrons. The van der Waals surface area contributed by atoms with Crippen LogP contribution in [0.1, 0.15) is 67.9 Å². The molecule has 1 aliphatic carbocycles. The van der Waals surface area contributed by atoms with Crippen LogP contribution in [-0.2, 0) is 16.1 Å². The van der Waals surface area contributed by atoms with E-state index in [-0.39, 0.29) is 12.5 Å². The lowest BCUT2D eigenvalue weighted by Gasteiger charge is -2.20. The number of aliphatic hydroxyl groups excluding tert-OH is 1. The number of nitrogens with one attached hydrogen (secondary N) is 3. The van der Waals surface area contributed by atoms with Crippen molar-refractivity contribution in [1.82, 2.24) is 20.4 Å². The summed E-state index contributed by atoms with van der Waals surface area (Å²) in [6, 6.07) is 7.43. The Morgan fingerprint density at radius 1 is 1.18 bits per heavy atom. The number of carbonyl (C=O) groups is 1. The van der Waals surface area contributed by atoms with E-state index in [9.17, 15) is 9.90 Å². The lowest BCUT2D eigenvalue weighted by atomic mass is 9.84. The van der Waals surface area contributed by atoms with Gasteiger partial charge in [-0.15, -0.1) is 0 Å². The zero-order valence-electron chi connectivity index (χ0n) is 22.3. The average molecular weight is 523 g/mol. The minimum atomic E-state index is -0.187. The summed E-state index contributed by atoms with van der Waals surface area (Å²) in [5, 5.41) is 23.8. The van der Waals surface area contributed by atoms with E-state index in [1.54, 1.807) is 13.3 Å². The number of methoxy groups -OCH3 is 1. The maximum absolute atomic E-state index is 12.4. The number of hydrogen-bond donors (Lipinski definition) is 4. The van der Waals surface area contributed by atoms with Gasteiger partial charge in [-0.3, -0.25) is 4.79 Å². The first-order chi connectivity index (χ1) is 18.6. The number of aryl methyl sites for hydroxylation is 1. The number of ether oxygens (including phenoxy) is 1. The summed E-state index contributed by atoms with van der Waals surface area (Å²) in [6.45, 7) is 3.88. The van der Waals surface area contributed by atoms with Gasteiger partial charge in [0.05, 0.1) is 30.2 Å². The normalized spacial score (nSPS) is 14.0. The summed E-state index contributed by atoms with van der Waals surface area (Å²) in [7, 11) is 1.67. The van der Waals surface area contributed by atoms with Gasteiger partial charge in [-0.25, -0.2) is 9.97 Å². The van der Waals surface area contributed by atoms with Gasteiger partial charge < -0.3 is 30.3 Å². The Hall–Kier alpha value is -3.34. The zero-order chi connectivity index (χ0) is 26.7. The predicted octanol–water partition coefficient (Wildman–Crippen LogP) is 4.68. The fraction of sp³-hybridized carbons (Fsp3) is 0.500. The van der Waals surface area contributed by atoms with Crippen LogP contribution in [0.15, 0.2) is 35.0 Å². The summed E-state index contributed by atoms with van der Waals surface area (Å²) in [5.41, 5.74) is 4.45. The smallest absolute Gasteiger partial charge is 0.227 e. The molecule has 1 fully saturated rings. The van der Waals surface area contributed by atoms with Crippen LogP contribution in [0, 0.1) is 6.92 Å². The van der Waals surface area contributed by atoms with E-state index in [2.05, 4.69) is 26.1 Å². The summed E-state index contributed by atoms with van der Waals surface area (Å²) in [6.07, 6.45) is 8.56. The highest BCUT2D eigenvalue weighted by atomic mass is 16.5. The topological polar surface area (TPSA) is 134 Å². The first kappa shape index (κ1) is 27.7. The Bertz CT molecular complexity index is 1190. The SMILES string of the molecule is COCCNCCCC(=O)Nc1cccc(Nc2ncc(CO)c(-c3c(C4CCCCC4)noc3C)n2)c1. The molecule has 38 heavy (non-hydrogen) atoms. The number of benzene rings is 1. The van der Waals surface area contributed by atoms with E-state index in [1.165, 1.54) is 19.3 Å². The number of aromatic nitrogens is 3. The molecule has 2 heterocycles. The first-order valence-electron chi connectivity index (χ1n) is 13.4. The molecule has 0 aliphatic heterocycles. The van der Waals surface area contributed by atoms with Crippen LogP contribution in [0.2, 0.25) is 0 Å². The van der Waals surface area contributed by atoms with Crippen LogP contribution in [0.3, 0.4) is 0 Å². The van der Waals surface area contributed by atoms with Crippen LogP contribution in [0.4, 0.5) is 17.3 Å². The van der Waals surface area contributed by atoms with Crippen molar-refractivity contribution in [1.29, 1.82) is 0 Å². The Kier molecular flexibility index (Phi) is 10.2. The van der Waals surface area contributed by atoms with Gasteiger partial charge in [-0.05, 0) is 50.9 Å². The van der Waals surface area contributed by atoms with Crippen molar-refractivity contribution in [2.75, 3.05) is 37.4 Å². The zero-order valence-corrected chi connectivity index (χ0v) is 22.3. The monoisotopic (exact) mass is 522 g/mol. The van der Waals surface area contributed by atoms with E-state index in [0.29, 0.717) is 47.6 Å². The van der Waals surface area contributed by atoms with E-state index in [1.807, 2.05) is 31.2 Å². The molecule has 4 N–H and O–H groups in total. The molecule has 0 spiro atoms. The Morgan fingerprint density at radius 2 is 2.00 bits per heavy atom. The van der Waals surface area contributed by atoms with Crippen molar-refractivity contribution < 1.29 is 19.2 Å². The second kappa shape index (κ2) is 14.0. The molecule has 1 aromatic carbocycles. The van der Waals surface area contributed by atoms with E-state index >= 15 is 0 Å². The van der Waals surface area contributed by atoms with Gasteiger partial charge in [0, 0.05) is 49.1 Å². The molecule has 3 aromatic rings. The van der Waals surface area contributed by atoms with E-state index in [0.717, 1.165) is 49.3 Å². The Morgan fingerprint density at radius 3 is 2.79 bits per heavy atom. The largest absolute Gasteiger partial charge is 0.392 e. The quantitative estimate of drug-likeness (QED) is 0.236. The predicted molar refractivity (Wildman–Crippen MR) is 146 cm³/mol. The number of nitrogens with zero attached hydrogens (tertiary/aromatic N) is 3. The van der Waals surface area contributed by atoms with Crippen LogP contribution >= 0.6 is 0 Å². The standard InChI is InChI=1S/C28H38N6O4/c1-19-25(27(34-38-19)20-8-4-3-5-9-20)26-21(18-35)17-30-28(33-26)32-23-11-6-10-22(16-23)31-24(36)12-7-13-29-14-15-37-2/h6,10-11,16-17,20,29,35H,3-5,7-9,12-15,18H2,1-2H3,(H,31,36)(H,30,32,33). The number of rotatable bonds is 13. The molecule has 0 saturated heterocycles. The fourth-order valence-corrected chi connectivity index (χ4v) is 4.83. The summed E-state index contributed by atoms with van der Waals surface area (Å²) in [4.78, 5) is 21.6. The van der Waals surface area contributed by atoms with Crippen molar-refractivity contribution in [2.45, 2.75) is 64.4 Å². The van der Waals surface area contributed by atoms with Gasteiger partial charge in [-0.1, -0.05) is 30.5 Å². The minimum absolute atomic E-state index is 0.0419. The summed E-state index contributed by atoms with van der Waals surface area (Å²) < 4.78 is 10.6. The van der Waals surface area contributed by atoms with Gasteiger partial charge in [0.25, 0.3) is 0 Å². The van der Waals surface area contributed by atoms with Crippen molar-refractivity contribution in [3.63, 3.8) is 0 Å². The number of hydrogen-bond acceptors (Lipinski definition) is 9. The third-order valence-corrected chi connectivity index (χ3v) is 6.80. The summed E-state index contributed by atoms with van der Waals surface area (Å²) >= 11 is 0. The van der Waals surface area contributed by atoms with Crippen LogP contribution < -0.4 is 16.0 Å². The molecular weight excluding hydrogens is 484 g/mol. The number of aliphatic hydroxyl groups is 1. The van der Waals surface area contributed by atoms with Crippen molar-refractivity contribution >= 4 is 23.2 Å². The maximum Gasteiger partial charge on any atom is 0.227 e. The third kappa shape index (κ3) is 7.37. The maximum atomic E-state index is 12.4. The van der Waals surface area contributed by atoms with Crippen molar-refractivity contribution in [3.8, 4) is 11.3 Å². The number of anilines is 3. The third-order valence-electron chi connectivity index (χ3n) is 6.80. The van der Waals surface area contributed by atoms with Crippen molar-refractivity contribution in [2.24, 2.45) is 0 Å². The molecule has 10 heteroatoms. The summed E-state index contributed by atoms with van der Waals surface area (Å²) in [5.74, 6) is 1.36. The molecule has 0 bridgehead atoms. The lowest BCUT2D eigenvalue weighted by Crippen LogP contribution is -2.21. The van der Waals surface area contributed by atoms with Gasteiger partial charge in [0.15, 0.2) is 0 Å². The molecule has 0 unspecified atom stereocenters. The first-order valence-corrected chi connectivity index (χ1v) is 13.4. The Labute approximate surface area is 223 Å². The van der Waals surface area contributed by atoms with Gasteiger partial charge >= 0.3 is 0 Å². The number of amides is 1. The lowest BCUT2D eigenvalue weighted by molar-refractivity contribution is -0.116. The van der Waals surface area contributed by atoms with Crippen molar-refractivity contribution in [3.05, 3.63) is 47.5 Å². The van der Waals surface area contributed by atoms with Gasteiger partial charge in [-0.2, -0.15) is 0 Å². The van der Waals surface area contributed by atoms with Crippen LogP contribution in [-0.4, -0.2) is 52.9 Å². The molecule has 1 saturated carbocycles. The fourth-order valence-electron chi connectivity index (χ4n) is 4.83. The van der Waals surface area contributed by atoms with Crippen LogP contribution in [0.5, 0.6) is 0 Å². The highest BCUT2D eigenvalue weighted by Crippen LogP contribution is 2.39. The highest BCUT2D eigenvalue weighted by molar-refractivity contribution is 5.91. The molecule has 0 atom stereocenters. The molecule has 1 aliphatic rings. The van der Waals surface area contributed by atoms with Crippen LogP contribution in [0.25, 0.3) is 11.3 Å². The molecule has 10 nitrogen and oxygen atoms in total. The molecule has 2 aromatic heterocycles. The second-order valence-electron chi connectivity index (χ2n) is 9.66. The molecule has 204 valence electrons. The molecule has 4 rings (SSSR count).